The summed E-state index contributed by atoms with van der Waals surface area (Å²) in [5, 5.41) is 12.3. The van der Waals surface area contributed by atoms with E-state index in [1.807, 2.05) is 6.92 Å². The van der Waals surface area contributed by atoms with Crippen molar-refractivity contribution in [1.29, 1.82) is 5.26 Å². The van der Waals surface area contributed by atoms with E-state index in [0.29, 0.717) is 6.54 Å². The molecule has 4 heteroatoms. The minimum atomic E-state index is -0.240. The highest BCUT2D eigenvalue weighted by molar-refractivity contribution is 5.46. The fourth-order valence-electron chi connectivity index (χ4n) is 1.76. The third-order valence-corrected chi connectivity index (χ3v) is 2.77. The molecule has 1 unspecified atom stereocenters. The van der Waals surface area contributed by atoms with Gasteiger partial charge in [-0.05, 0) is 44.2 Å². The van der Waals surface area contributed by atoms with Crippen molar-refractivity contribution in [1.82, 2.24) is 5.32 Å². The maximum absolute atomic E-state index is 12.9. The van der Waals surface area contributed by atoms with Gasteiger partial charge in [0, 0.05) is 18.8 Å². The Balaban J connectivity index is 2.66. The highest BCUT2D eigenvalue weighted by Gasteiger charge is 2.12. The first kappa shape index (κ1) is 14.5. The number of benzene rings is 1. The molecule has 0 aliphatic rings. The highest BCUT2D eigenvalue weighted by atomic mass is 19.1. The van der Waals surface area contributed by atoms with Crippen molar-refractivity contribution in [3.8, 4) is 6.07 Å². The Hall–Kier alpha value is -1.60. The number of anilines is 1. The van der Waals surface area contributed by atoms with Crippen LogP contribution in [-0.2, 0) is 0 Å². The van der Waals surface area contributed by atoms with E-state index < -0.39 is 0 Å². The summed E-state index contributed by atoms with van der Waals surface area (Å²) in [5.74, 6) is -0.240. The van der Waals surface area contributed by atoms with Crippen molar-refractivity contribution in [3.05, 3.63) is 30.1 Å². The van der Waals surface area contributed by atoms with Crippen LogP contribution in [0.4, 0.5) is 10.1 Å². The Morgan fingerprint density at radius 2 is 2.00 bits per heavy atom. The van der Waals surface area contributed by atoms with Gasteiger partial charge >= 0.3 is 0 Å². The van der Waals surface area contributed by atoms with Crippen molar-refractivity contribution in [3.63, 3.8) is 0 Å². The van der Waals surface area contributed by atoms with Crippen LogP contribution in [0.25, 0.3) is 0 Å². The summed E-state index contributed by atoms with van der Waals surface area (Å²) in [6.07, 6.45) is 1.00. The molecule has 1 aromatic rings. The highest BCUT2D eigenvalue weighted by Crippen LogP contribution is 2.14. The van der Waals surface area contributed by atoms with Gasteiger partial charge in [-0.25, -0.2) is 4.39 Å². The maximum atomic E-state index is 12.9. The molecule has 0 spiro atoms. The fourth-order valence-corrected chi connectivity index (χ4v) is 1.76. The average molecular weight is 249 g/mol. The van der Waals surface area contributed by atoms with Gasteiger partial charge in [-0.15, -0.1) is 0 Å². The molecule has 0 aromatic heterocycles. The number of hydrogen-bond donors (Lipinski definition) is 1. The van der Waals surface area contributed by atoms with Crippen LogP contribution in [0, 0.1) is 17.1 Å². The minimum Gasteiger partial charge on any atom is -0.369 e. The lowest BCUT2D eigenvalue weighted by Crippen LogP contribution is -2.40. The molecule has 0 radical (unpaired) electrons. The van der Waals surface area contributed by atoms with Crippen LogP contribution in [0.15, 0.2) is 24.3 Å². The predicted octanol–water partition coefficient (Wildman–Crippen LogP) is 2.54. The van der Waals surface area contributed by atoms with E-state index in [1.165, 1.54) is 12.1 Å². The van der Waals surface area contributed by atoms with Crippen LogP contribution in [0.1, 0.15) is 20.3 Å². The molecule has 1 atom stereocenters. The first-order valence-electron chi connectivity index (χ1n) is 6.34. The lowest BCUT2D eigenvalue weighted by atomic mass is 10.2. The van der Waals surface area contributed by atoms with E-state index in [0.717, 1.165) is 25.2 Å². The van der Waals surface area contributed by atoms with Gasteiger partial charge in [0.25, 0.3) is 0 Å². The monoisotopic (exact) mass is 249 g/mol. The number of halogens is 1. The third-order valence-electron chi connectivity index (χ3n) is 2.77. The standard InChI is InChI=1S/C14H20FN3/c1-3-9-17-13(10-16)11-18(4-2)14-7-5-12(15)6-8-14/h5-8,13,17H,3-4,9,11H2,1-2H3. The molecule has 0 bridgehead atoms. The van der Waals surface area contributed by atoms with E-state index in [-0.39, 0.29) is 11.9 Å². The fraction of sp³-hybridized carbons (Fsp3) is 0.500. The van der Waals surface area contributed by atoms with Crippen LogP contribution >= 0.6 is 0 Å². The molecule has 0 heterocycles. The van der Waals surface area contributed by atoms with Gasteiger partial charge in [-0.3, -0.25) is 0 Å². The largest absolute Gasteiger partial charge is 0.369 e. The summed E-state index contributed by atoms with van der Waals surface area (Å²) >= 11 is 0. The molecule has 0 amide bonds. The first-order valence-corrected chi connectivity index (χ1v) is 6.34. The Bertz CT molecular complexity index is 383. The summed E-state index contributed by atoms with van der Waals surface area (Å²) in [4.78, 5) is 2.07. The predicted molar refractivity (Wildman–Crippen MR) is 72.0 cm³/mol. The lowest BCUT2D eigenvalue weighted by Gasteiger charge is -2.25. The third kappa shape index (κ3) is 4.34. The average Bonchev–Trinajstić information content (AvgIpc) is 2.40. The normalized spacial score (nSPS) is 11.9. The number of nitrogens with zero attached hydrogens (tertiary/aromatic N) is 2. The zero-order valence-electron chi connectivity index (χ0n) is 11.0. The summed E-state index contributed by atoms with van der Waals surface area (Å²) in [6, 6.07) is 8.43. The summed E-state index contributed by atoms with van der Waals surface area (Å²) in [5.41, 5.74) is 0.942. The zero-order valence-corrected chi connectivity index (χ0v) is 11.0. The van der Waals surface area contributed by atoms with Crippen LogP contribution < -0.4 is 10.2 Å². The molecule has 18 heavy (non-hydrogen) atoms. The molecule has 98 valence electrons. The van der Waals surface area contributed by atoms with Crippen molar-refractivity contribution in [2.75, 3.05) is 24.5 Å². The second-order valence-corrected chi connectivity index (χ2v) is 4.15. The molecule has 0 aliphatic heterocycles. The van der Waals surface area contributed by atoms with Gasteiger partial charge in [-0.1, -0.05) is 6.92 Å². The van der Waals surface area contributed by atoms with E-state index in [9.17, 15) is 4.39 Å². The molecule has 0 aliphatic carbocycles. The Morgan fingerprint density at radius 1 is 1.33 bits per heavy atom. The van der Waals surface area contributed by atoms with E-state index in [1.54, 1.807) is 12.1 Å². The van der Waals surface area contributed by atoms with E-state index in [2.05, 4.69) is 23.2 Å². The molecule has 1 rings (SSSR count). The first-order chi connectivity index (χ1) is 8.71. The smallest absolute Gasteiger partial charge is 0.123 e. The molecule has 1 aromatic carbocycles. The quantitative estimate of drug-likeness (QED) is 0.807. The summed E-state index contributed by atoms with van der Waals surface area (Å²) < 4.78 is 12.9. The number of likely N-dealkylation sites (N-methyl/N-ethyl adjacent to an activating group) is 1. The van der Waals surface area contributed by atoms with Crippen LogP contribution in [0.2, 0.25) is 0 Å². The van der Waals surface area contributed by atoms with Crippen molar-refractivity contribution in [2.24, 2.45) is 0 Å². The topological polar surface area (TPSA) is 39.1 Å². The molecule has 1 N–H and O–H groups in total. The minimum absolute atomic E-state index is 0.199. The molecule has 0 saturated carbocycles. The lowest BCUT2D eigenvalue weighted by molar-refractivity contribution is 0.581. The molecular formula is C14H20FN3. The van der Waals surface area contributed by atoms with Crippen molar-refractivity contribution >= 4 is 5.69 Å². The SMILES string of the molecule is CCCNC(C#N)CN(CC)c1ccc(F)cc1. The van der Waals surface area contributed by atoms with Crippen LogP contribution in [0.3, 0.4) is 0 Å². The molecular weight excluding hydrogens is 229 g/mol. The van der Waals surface area contributed by atoms with Crippen molar-refractivity contribution in [2.45, 2.75) is 26.3 Å². The molecule has 0 fully saturated rings. The second kappa shape index (κ2) is 7.67. The van der Waals surface area contributed by atoms with E-state index in [4.69, 9.17) is 5.26 Å². The van der Waals surface area contributed by atoms with Gasteiger partial charge in [0.15, 0.2) is 0 Å². The van der Waals surface area contributed by atoms with Gasteiger partial charge in [0.2, 0.25) is 0 Å². The van der Waals surface area contributed by atoms with Crippen molar-refractivity contribution < 1.29 is 4.39 Å². The zero-order chi connectivity index (χ0) is 13.4. The second-order valence-electron chi connectivity index (χ2n) is 4.15. The van der Waals surface area contributed by atoms with Gasteiger partial charge < -0.3 is 10.2 Å². The Morgan fingerprint density at radius 3 is 2.50 bits per heavy atom. The van der Waals surface area contributed by atoms with Crippen LogP contribution in [0.5, 0.6) is 0 Å². The van der Waals surface area contributed by atoms with Gasteiger partial charge in [0.05, 0.1) is 6.07 Å². The summed E-state index contributed by atoms with van der Waals surface area (Å²) in [7, 11) is 0. The van der Waals surface area contributed by atoms with Gasteiger partial charge in [0.1, 0.15) is 11.9 Å². The Kier molecular flexibility index (Phi) is 6.16. The van der Waals surface area contributed by atoms with E-state index >= 15 is 0 Å². The molecule has 3 nitrogen and oxygen atoms in total. The Labute approximate surface area is 108 Å². The number of nitrogens with one attached hydrogen (secondary N) is 1. The summed E-state index contributed by atoms with van der Waals surface area (Å²) in [6.45, 7) is 6.33. The van der Waals surface area contributed by atoms with Crippen LogP contribution in [-0.4, -0.2) is 25.7 Å². The number of hydrogen-bond acceptors (Lipinski definition) is 3. The maximum Gasteiger partial charge on any atom is 0.123 e. The van der Waals surface area contributed by atoms with Gasteiger partial charge in [-0.2, -0.15) is 5.26 Å². The number of nitriles is 1. The number of rotatable bonds is 7. The molecule has 0 saturated heterocycles.